The summed E-state index contributed by atoms with van der Waals surface area (Å²) in [5.41, 5.74) is -2.52. The molecule has 48 heavy (non-hydrogen) atoms. The molecule has 3 aliphatic heterocycles. The van der Waals surface area contributed by atoms with Crippen LogP contribution in [0.25, 0.3) is 10.9 Å². The number of β-lactam (4-membered cyclic amide) rings is 1. The zero-order valence-corrected chi connectivity index (χ0v) is 31.6. The average molecular weight is 707 g/mol. The van der Waals surface area contributed by atoms with E-state index in [2.05, 4.69) is 5.32 Å². The van der Waals surface area contributed by atoms with E-state index >= 15 is 8.78 Å². The molecule has 2 unspecified atom stereocenters. The summed E-state index contributed by atoms with van der Waals surface area (Å²) in [4.78, 5) is 63.9. The molecule has 4 aliphatic rings. The second-order valence-corrected chi connectivity index (χ2v) is 13.2. The number of nitrogens with zero attached hydrogens (tertiary/aromatic N) is 3. The number of pyridine rings is 1. The predicted octanol–water partition coefficient (Wildman–Crippen LogP) is -6.16. The summed E-state index contributed by atoms with van der Waals surface area (Å²) in [6.07, 6.45) is 0.932. The Morgan fingerprint density at radius 2 is 1.83 bits per heavy atom. The molecule has 0 radical (unpaired) electrons. The van der Waals surface area contributed by atoms with Crippen molar-refractivity contribution in [2.24, 2.45) is 11.8 Å². The monoisotopic (exact) mass is 706 g/mol. The Balaban J connectivity index is 0.00000260. The first-order chi connectivity index (χ1) is 21.8. The van der Waals surface area contributed by atoms with Gasteiger partial charge >= 0.3 is 65.2 Å². The number of carbonyl (C=O) groups is 4. The number of alkyl carbamates (subject to hydrolysis) is 1. The number of aromatic carboxylic acids is 1. The predicted molar refractivity (Wildman–Crippen MR) is 155 cm³/mol. The minimum atomic E-state index is -1.73. The Bertz CT molecular complexity index is 1770. The van der Waals surface area contributed by atoms with Crippen LogP contribution in [0, 0.1) is 23.5 Å². The molecule has 2 N–H and O–H groups in total. The van der Waals surface area contributed by atoms with Gasteiger partial charge < -0.3 is 49.3 Å². The molecule has 4 heterocycles. The Hall–Kier alpha value is -2.18. The second-order valence-electron chi connectivity index (χ2n) is 12.0. The van der Waals surface area contributed by atoms with Crippen LogP contribution in [0.5, 0.6) is 0 Å². The molecule has 0 spiro atoms. The molecule has 1 saturated carbocycles. The molecule has 246 valence electrons. The molecule has 1 aromatic carbocycles. The fourth-order valence-electron chi connectivity index (χ4n) is 6.79. The zero-order valence-electron chi connectivity index (χ0n) is 26.8. The van der Waals surface area contributed by atoms with Crippen LogP contribution in [0.1, 0.15) is 49.5 Å². The quantitative estimate of drug-likeness (QED) is 0.136. The Kier molecular flexibility index (Phi) is 12.0. The molecule has 6 rings (SSSR count). The number of anilines is 1. The molecular formula is C30H30F2N4Na2O9S. The number of aliphatic hydroxyl groups is 1. The van der Waals surface area contributed by atoms with E-state index in [1.807, 2.05) is 0 Å². The molecule has 2 aromatic rings. The van der Waals surface area contributed by atoms with Crippen molar-refractivity contribution >= 4 is 52.3 Å². The SMILES string of the molecule is CC1C(SCCOC(=O)NC2CCN(c3c(F)cc4c(=O)c(C(=O)[O-])cn(C5CC5)c4c3F)C2)=C(C(=O)[O-])N2C(=O)[C@@H]([C@@H](C)O)[C@H]12.[Na+].[Na+]. The van der Waals surface area contributed by atoms with E-state index in [-0.39, 0.29) is 113 Å². The van der Waals surface area contributed by atoms with E-state index in [0.29, 0.717) is 24.2 Å². The minimum absolute atomic E-state index is 0. The van der Waals surface area contributed by atoms with E-state index in [1.165, 1.54) is 16.4 Å². The molecular weight excluding hydrogens is 676 g/mol. The second kappa shape index (κ2) is 15.0. The molecule has 3 fully saturated rings. The number of amides is 2. The number of thioether (sulfide) groups is 1. The molecule has 5 atom stereocenters. The van der Waals surface area contributed by atoms with Crippen LogP contribution in [0.2, 0.25) is 0 Å². The number of benzene rings is 1. The Labute approximate surface area is 321 Å². The van der Waals surface area contributed by atoms with E-state index in [1.54, 1.807) is 6.92 Å². The van der Waals surface area contributed by atoms with Crippen LogP contribution in [-0.2, 0) is 14.3 Å². The summed E-state index contributed by atoms with van der Waals surface area (Å²) in [5.74, 6) is -6.66. The molecule has 2 saturated heterocycles. The topological polar surface area (TPSA) is 184 Å². The zero-order chi connectivity index (χ0) is 33.2. The van der Waals surface area contributed by atoms with Gasteiger partial charge in [-0.1, -0.05) is 6.92 Å². The molecule has 18 heteroatoms. The number of hydrogen-bond donors (Lipinski definition) is 2. The van der Waals surface area contributed by atoms with Gasteiger partial charge in [-0.2, -0.15) is 0 Å². The number of aromatic nitrogens is 1. The fraction of sp³-hybridized carbons (Fsp3) is 0.500. The fourth-order valence-corrected chi connectivity index (χ4v) is 7.90. The van der Waals surface area contributed by atoms with Crippen molar-refractivity contribution in [3.05, 3.63) is 50.3 Å². The van der Waals surface area contributed by atoms with E-state index in [4.69, 9.17) is 4.74 Å². The number of hydrogen-bond acceptors (Lipinski definition) is 11. The number of carboxylic acids is 2. The van der Waals surface area contributed by atoms with Crippen molar-refractivity contribution in [1.82, 2.24) is 14.8 Å². The third kappa shape index (κ3) is 6.78. The van der Waals surface area contributed by atoms with E-state index in [0.717, 1.165) is 28.9 Å². The van der Waals surface area contributed by atoms with Crippen molar-refractivity contribution in [2.45, 2.75) is 57.3 Å². The van der Waals surface area contributed by atoms with E-state index < -0.39 is 76.1 Å². The number of ether oxygens (including phenoxy) is 1. The van der Waals surface area contributed by atoms with Gasteiger partial charge in [-0.05, 0) is 32.3 Å². The summed E-state index contributed by atoms with van der Waals surface area (Å²) in [6, 6.07) is -0.416. The summed E-state index contributed by atoms with van der Waals surface area (Å²) < 4.78 is 37.8. The van der Waals surface area contributed by atoms with Gasteiger partial charge in [0.25, 0.3) is 0 Å². The van der Waals surface area contributed by atoms with Gasteiger partial charge in [0, 0.05) is 41.9 Å². The normalized spacial score (nSPS) is 23.6. The smallest absolute Gasteiger partial charge is 0.545 e. The summed E-state index contributed by atoms with van der Waals surface area (Å²) in [6.45, 7) is 3.33. The molecule has 2 amide bonds. The van der Waals surface area contributed by atoms with Crippen LogP contribution in [0.4, 0.5) is 19.3 Å². The third-order valence-corrected chi connectivity index (χ3v) is 10.3. The number of carbonyl (C=O) groups excluding carboxylic acids is 4. The first kappa shape index (κ1) is 38.6. The van der Waals surface area contributed by atoms with Gasteiger partial charge in [0.1, 0.15) is 18.1 Å². The molecule has 1 aromatic heterocycles. The molecule has 13 nitrogen and oxygen atoms in total. The molecule has 1 aliphatic carbocycles. The van der Waals surface area contributed by atoms with Crippen LogP contribution in [0.15, 0.2) is 27.7 Å². The third-order valence-electron chi connectivity index (χ3n) is 9.05. The van der Waals surface area contributed by atoms with Crippen LogP contribution < -0.4 is 85.0 Å². The van der Waals surface area contributed by atoms with E-state index in [9.17, 15) is 39.3 Å². The van der Waals surface area contributed by atoms with Crippen molar-refractivity contribution in [3.8, 4) is 0 Å². The van der Waals surface area contributed by atoms with Crippen molar-refractivity contribution in [3.63, 3.8) is 0 Å². The maximum absolute atomic E-state index is 15.9. The van der Waals surface area contributed by atoms with Gasteiger partial charge in [-0.3, -0.25) is 9.59 Å². The van der Waals surface area contributed by atoms with Crippen LogP contribution in [-0.4, -0.2) is 82.1 Å². The standard InChI is InChI=1S/C30H32F2N4O9S.2Na/c1-12-21-19(13(2)37)27(39)36(21)24(29(42)43)26(12)46-8-7-45-30(44)33-14-5-6-34(10-14)23-18(31)9-16-22(20(23)32)35(15-3-4-15)11-17(25(16)38)28(40)41;;/h9,11-15,19,21,37H,3-8,10H2,1-2H3,(H,33,44)(H,40,41)(H,42,43);;/q;2*+1/p-2/t12?,13-,14?,19+,21+;;/m1../s1. The van der Waals surface area contributed by atoms with Crippen molar-refractivity contribution in [1.29, 1.82) is 0 Å². The first-order valence-corrected chi connectivity index (χ1v) is 15.9. The average Bonchev–Trinajstić information content (AvgIpc) is 3.67. The number of fused-ring (bicyclic) bond motifs is 2. The van der Waals surface area contributed by atoms with Gasteiger partial charge in [0.05, 0.1) is 58.2 Å². The number of halogens is 2. The summed E-state index contributed by atoms with van der Waals surface area (Å²) in [5, 5.41) is 35.5. The Morgan fingerprint density at radius 3 is 2.44 bits per heavy atom. The summed E-state index contributed by atoms with van der Waals surface area (Å²) in [7, 11) is 0. The first-order valence-electron chi connectivity index (χ1n) is 14.9. The van der Waals surface area contributed by atoms with Crippen molar-refractivity contribution in [2.75, 3.05) is 30.3 Å². The number of nitrogens with one attached hydrogen (secondary N) is 1. The minimum Gasteiger partial charge on any atom is -0.545 e. The number of aliphatic carboxylic acids is 1. The van der Waals surface area contributed by atoms with Crippen LogP contribution in [0.3, 0.4) is 0 Å². The van der Waals surface area contributed by atoms with Gasteiger partial charge in [0.2, 0.25) is 5.91 Å². The number of carboxylic acid groups (broad SMARTS) is 2. The number of rotatable bonds is 10. The van der Waals surface area contributed by atoms with Gasteiger partial charge in [0.15, 0.2) is 11.2 Å². The van der Waals surface area contributed by atoms with Gasteiger partial charge in [-0.15, -0.1) is 11.8 Å². The Morgan fingerprint density at radius 1 is 1.15 bits per heavy atom. The largest absolute Gasteiger partial charge is 1.00 e. The van der Waals surface area contributed by atoms with Crippen molar-refractivity contribution < 1.29 is 107 Å². The maximum atomic E-state index is 15.9. The maximum Gasteiger partial charge on any atom is 1.00 e. The van der Waals surface area contributed by atoms with Gasteiger partial charge in [-0.25, -0.2) is 13.6 Å². The van der Waals surface area contributed by atoms with Crippen LogP contribution >= 0.6 is 11.8 Å². The summed E-state index contributed by atoms with van der Waals surface area (Å²) >= 11 is 1.12. The number of aliphatic hydroxyl groups excluding tert-OH is 1. The molecule has 0 bridgehead atoms.